The van der Waals surface area contributed by atoms with Gasteiger partial charge in [-0.05, 0) is 33.6 Å². The van der Waals surface area contributed by atoms with Gasteiger partial charge in [0, 0.05) is 5.54 Å². The maximum absolute atomic E-state index is 10.2. The fourth-order valence-corrected chi connectivity index (χ4v) is 2.52. The average Bonchev–Trinajstić information content (AvgIpc) is 2.49. The third-order valence-corrected chi connectivity index (χ3v) is 3.40. The summed E-state index contributed by atoms with van der Waals surface area (Å²) in [6.45, 7) is 6.14. The quantitative estimate of drug-likeness (QED) is 0.713. The Kier molecular flexibility index (Phi) is 3.99. The summed E-state index contributed by atoms with van der Waals surface area (Å²) in [6.07, 6.45) is 4.67. The van der Waals surface area contributed by atoms with Crippen molar-refractivity contribution in [3.8, 4) is 0 Å². The molecule has 0 saturated heterocycles. The van der Waals surface area contributed by atoms with Crippen molar-refractivity contribution in [3.63, 3.8) is 0 Å². The Balaban J connectivity index is 2.19. The molecule has 1 heterocycles. The molecule has 1 aliphatic carbocycles. The fraction of sp³-hybridized carbons (Fsp3) is 0.846. The van der Waals surface area contributed by atoms with Gasteiger partial charge in [0.05, 0.1) is 12.1 Å². The molecular formula is C13H25N5O. The van der Waals surface area contributed by atoms with Gasteiger partial charge in [0.15, 0.2) is 0 Å². The van der Waals surface area contributed by atoms with Crippen LogP contribution >= 0.6 is 0 Å². The van der Waals surface area contributed by atoms with E-state index in [9.17, 15) is 5.11 Å². The van der Waals surface area contributed by atoms with Gasteiger partial charge in [0.25, 0.3) is 0 Å². The summed E-state index contributed by atoms with van der Waals surface area (Å²) in [5.41, 5.74) is 5.83. The van der Waals surface area contributed by atoms with Gasteiger partial charge in [-0.1, -0.05) is 19.3 Å². The zero-order valence-electron chi connectivity index (χ0n) is 12.1. The molecule has 0 radical (unpaired) electrons. The second-order valence-electron chi connectivity index (χ2n) is 6.39. The van der Waals surface area contributed by atoms with E-state index in [0.717, 1.165) is 32.1 Å². The van der Waals surface area contributed by atoms with E-state index in [0.29, 0.717) is 11.9 Å². The van der Waals surface area contributed by atoms with E-state index in [1.165, 1.54) is 0 Å². The summed E-state index contributed by atoms with van der Waals surface area (Å²) in [5, 5.41) is 17.8. The number of nitrogen functional groups attached to an aromatic ring is 1. The molecule has 1 saturated carbocycles. The van der Waals surface area contributed by atoms with Crippen LogP contribution in [0.3, 0.4) is 0 Å². The fourth-order valence-electron chi connectivity index (χ4n) is 2.52. The van der Waals surface area contributed by atoms with Crippen LogP contribution in [0.4, 0.5) is 11.9 Å². The number of aromatic nitrogens is 3. The molecule has 2 rings (SSSR count). The van der Waals surface area contributed by atoms with Crippen LogP contribution in [-0.4, -0.2) is 31.5 Å². The first kappa shape index (κ1) is 14.1. The molecule has 0 bridgehead atoms. The minimum absolute atomic E-state index is 0.0504. The number of nitrogens with one attached hydrogen (secondary N) is 1. The summed E-state index contributed by atoms with van der Waals surface area (Å²) in [4.78, 5) is 4.24. The lowest BCUT2D eigenvalue weighted by atomic mass is 10.1. The summed E-state index contributed by atoms with van der Waals surface area (Å²) in [7, 11) is 0. The first-order valence-corrected chi connectivity index (χ1v) is 7.05. The minimum atomic E-state index is -0.381. The molecule has 1 aromatic rings. The highest BCUT2D eigenvalue weighted by atomic mass is 16.3. The normalized spacial score (nSPS) is 25.1. The first-order valence-electron chi connectivity index (χ1n) is 7.05. The van der Waals surface area contributed by atoms with Gasteiger partial charge in [-0.15, -0.1) is 5.10 Å². The molecule has 0 aromatic carbocycles. The molecule has 108 valence electrons. The number of aliphatic hydroxyl groups is 1. The second-order valence-corrected chi connectivity index (χ2v) is 6.39. The van der Waals surface area contributed by atoms with Crippen LogP contribution in [-0.2, 0) is 0 Å². The van der Waals surface area contributed by atoms with Gasteiger partial charge in [-0.25, -0.2) is 4.68 Å². The maximum Gasteiger partial charge on any atom is 0.244 e. The van der Waals surface area contributed by atoms with E-state index < -0.39 is 0 Å². The largest absolute Gasteiger partial charge is 0.391 e. The van der Waals surface area contributed by atoms with Crippen LogP contribution < -0.4 is 11.1 Å². The van der Waals surface area contributed by atoms with Gasteiger partial charge >= 0.3 is 0 Å². The Morgan fingerprint density at radius 3 is 2.63 bits per heavy atom. The summed E-state index contributed by atoms with van der Waals surface area (Å²) < 4.78 is 1.68. The van der Waals surface area contributed by atoms with Crippen molar-refractivity contribution in [2.45, 2.75) is 70.6 Å². The molecule has 0 amide bonds. The Labute approximate surface area is 114 Å². The predicted molar refractivity (Wildman–Crippen MR) is 75.9 cm³/mol. The highest BCUT2D eigenvalue weighted by Gasteiger charge is 2.27. The molecule has 2 atom stereocenters. The van der Waals surface area contributed by atoms with Crippen LogP contribution in [0.5, 0.6) is 0 Å². The number of nitrogens with zero attached hydrogens (tertiary/aromatic N) is 3. The lowest BCUT2D eigenvalue weighted by molar-refractivity contribution is 0.100. The molecule has 6 heteroatoms. The predicted octanol–water partition coefficient (Wildman–Crippen LogP) is 1.94. The smallest absolute Gasteiger partial charge is 0.244 e. The molecule has 1 aliphatic rings. The molecule has 19 heavy (non-hydrogen) atoms. The molecule has 1 aromatic heterocycles. The molecule has 2 unspecified atom stereocenters. The standard InChI is InChI=1S/C13H25N5O/c1-13(2,3)16-12-15-11(14)18(17-12)9-7-5-4-6-8-10(9)19/h9-10,19H,4-8H2,1-3H3,(H3,14,15,16,17). The van der Waals surface area contributed by atoms with E-state index in [2.05, 4.69) is 15.4 Å². The van der Waals surface area contributed by atoms with E-state index in [1.54, 1.807) is 4.68 Å². The summed E-state index contributed by atoms with van der Waals surface area (Å²) >= 11 is 0. The van der Waals surface area contributed by atoms with E-state index in [4.69, 9.17) is 5.73 Å². The van der Waals surface area contributed by atoms with Crippen molar-refractivity contribution >= 4 is 11.9 Å². The number of hydrogen-bond donors (Lipinski definition) is 3. The van der Waals surface area contributed by atoms with Crippen LogP contribution in [0.2, 0.25) is 0 Å². The summed E-state index contributed by atoms with van der Waals surface area (Å²) in [5.74, 6) is 0.902. The third kappa shape index (κ3) is 3.59. The number of anilines is 2. The Bertz CT molecular complexity index is 423. The zero-order chi connectivity index (χ0) is 14.0. The molecule has 0 spiro atoms. The van der Waals surface area contributed by atoms with Crippen molar-refractivity contribution in [2.24, 2.45) is 0 Å². The SMILES string of the molecule is CC(C)(C)Nc1nc(N)n(C2CCCCCC2O)n1. The lowest BCUT2D eigenvalue weighted by Crippen LogP contribution is -2.27. The highest BCUT2D eigenvalue weighted by Crippen LogP contribution is 2.29. The minimum Gasteiger partial charge on any atom is -0.391 e. The highest BCUT2D eigenvalue weighted by molar-refractivity contribution is 5.34. The summed E-state index contributed by atoms with van der Waals surface area (Å²) in [6, 6.07) is -0.0504. The van der Waals surface area contributed by atoms with Gasteiger partial charge in [-0.2, -0.15) is 4.98 Å². The van der Waals surface area contributed by atoms with Crippen molar-refractivity contribution in [3.05, 3.63) is 0 Å². The second kappa shape index (κ2) is 5.36. The molecule has 1 fully saturated rings. The van der Waals surface area contributed by atoms with Crippen LogP contribution in [0.15, 0.2) is 0 Å². The van der Waals surface area contributed by atoms with Gasteiger partial charge < -0.3 is 16.2 Å². The van der Waals surface area contributed by atoms with Crippen LogP contribution in [0, 0.1) is 0 Å². The topological polar surface area (TPSA) is 89.0 Å². The van der Waals surface area contributed by atoms with E-state index in [-0.39, 0.29) is 17.7 Å². The van der Waals surface area contributed by atoms with E-state index >= 15 is 0 Å². The van der Waals surface area contributed by atoms with Crippen molar-refractivity contribution in [1.82, 2.24) is 14.8 Å². The first-order chi connectivity index (χ1) is 8.87. The van der Waals surface area contributed by atoms with Crippen molar-refractivity contribution in [1.29, 1.82) is 0 Å². The Hall–Kier alpha value is -1.30. The molecular weight excluding hydrogens is 242 g/mol. The Morgan fingerprint density at radius 1 is 1.26 bits per heavy atom. The number of hydrogen-bond acceptors (Lipinski definition) is 5. The molecule has 0 aliphatic heterocycles. The maximum atomic E-state index is 10.2. The molecule has 4 N–H and O–H groups in total. The third-order valence-electron chi connectivity index (χ3n) is 3.40. The van der Waals surface area contributed by atoms with Crippen molar-refractivity contribution in [2.75, 3.05) is 11.1 Å². The van der Waals surface area contributed by atoms with E-state index in [1.807, 2.05) is 20.8 Å². The molecule has 6 nitrogen and oxygen atoms in total. The van der Waals surface area contributed by atoms with Crippen LogP contribution in [0.25, 0.3) is 0 Å². The van der Waals surface area contributed by atoms with Gasteiger partial charge in [-0.3, -0.25) is 0 Å². The average molecular weight is 267 g/mol. The Morgan fingerprint density at radius 2 is 1.95 bits per heavy atom. The lowest BCUT2D eigenvalue weighted by Gasteiger charge is -2.21. The zero-order valence-corrected chi connectivity index (χ0v) is 12.1. The van der Waals surface area contributed by atoms with Gasteiger partial charge in [0.2, 0.25) is 11.9 Å². The number of rotatable bonds is 2. The number of nitrogens with two attached hydrogens (primary N) is 1. The van der Waals surface area contributed by atoms with Crippen LogP contribution in [0.1, 0.15) is 58.9 Å². The van der Waals surface area contributed by atoms with Crippen molar-refractivity contribution < 1.29 is 5.11 Å². The monoisotopic (exact) mass is 267 g/mol. The van der Waals surface area contributed by atoms with Gasteiger partial charge in [0.1, 0.15) is 0 Å². The number of aliphatic hydroxyl groups excluding tert-OH is 1.